The molecule has 3 heteroatoms. The average molecular weight is 738 g/mol. The lowest BCUT2D eigenvalue weighted by Crippen LogP contribution is -2.10. The standard InChI is InChI=1S/C55H35N3/c1-2-18-42(19-3-1)57-51-26-10-8-23-46(51)43-20-4-5-21-44(43)49-34-40(28-30-53(49)57)38-16-12-14-36(32-38)37-15-13-17-39(33-37)41-29-31-54-50(35-41)56-55-48-25-7-6-22-45(48)47-24-9-11-27-52(47)58(54)55/h1-35H. The van der Waals surface area contributed by atoms with E-state index in [1.54, 1.807) is 0 Å². The minimum absolute atomic E-state index is 0.991. The van der Waals surface area contributed by atoms with Crippen molar-refractivity contribution in [2.45, 2.75) is 0 Å². The van der Waals surface area contributed by atoms with Crippen LogP contribution in [0.25, 0.3) is 94.0 Å². The number of aromatic nitrogens is 2. The van der Waals surface area contributed by atoms with Crippen molar-refractivity contribution in [3.05, 3.63) is 212 Å². The first kappa shape index (κ1) is 32.5. The van der Waals surface area contributed by atoms with Gasteiger partial charge in [-0.1, -0.05) is 152 Å². The highest BCUT2D eigenvalue weighted by Crippen LogP contribution is 2.51. The van der Waals surface area contributed by atoms with Gasteiger partial charge in [-0.05, 0) is 111 Å². The predicted octanol–water partition coefficient (Wildman–Crippen LogP) is 14.9. The number of para-hydroxylation sites is 3. The first-order valence-corrected chi connectivity index (χ1v) is 19.9. The zero-order chi connectivity index (χ0) is 38.2. The van der Waals surface area contributed by atoms with E-state index in [0.29, 0.717) is 0 Å². The topological polar surface area (TPSA) is 20.5 Å². The quantitative estimate of drug-likeness (QED) is 0.168. The molecule has 9 aromatic carbocycles. The Morgan fingerprint density at radius 3 is 1.59 bits per heavy atom. The van der Waals surface area contributed by atoms with Gasteiger partial charge in [0.25, 0.3) is 0 Å². The summed E-state index contributed by atoms with van der Waals surface area (Å²) < 4.78 is 2.32. The van der Waals surface area contributed by atoms with E-state index in [-0.39, 0.29) is 0 Å². The monoisotopic (exact) mass is 737 g/mol. The molecule has 3 nitrogen and oxygen atoms in total. The fourth-order valence-electron chi connectivity index (χ4n) is 9.21. The summed E-state index contributed by atoms with van der Waals surface area (Å²) in [5, 5.41) is 3.63. The van der Waals surface area contributed by atoms with Crippen LogP contribution in [0.5, 0.6) is 0 Å². The molecule has 270 valence electrons. The van der Waals surface area contributed by atoms with Crippen LogP contribution >= 0.6 is 0 Å². The number of fused-ring (bicyclic) bond motifs is 13. The number of anilines is 3. The van der Waals surface area contributed by atoms with E-state index in [2.05, 4.69) is 222 Å². The van der Waals surface area contributed by atoms with Gasteiger partial charge in [-0.25, -0.2) is 4.98 Å². The van der Waals surface area contributed by atoms with Gasteiger partial charge in [0.15, 0.2) is 0 Å². The Hall–Kier alpha value is -7.75. The summed E-state index contributed by atoms with van der Waals surface area (Å²) >= 11 is 0. The molecule has 0 amide bonds. The molecule has 0 fully saturated rings. The second-order valence-electron chi connectivity index (χ2n) is 15.2. The molecule has 0 spiro atoms. The zero-order valence-corrected chi connectivity index (χ0v) is 31.5. The molecule has 2 aromatic heterocycles. The highest BCUT2D eigenvalue weighted by molar-refractivity contribution is 6.14. The highest BCUT2D eigenvalue weighted by Gasteiger charge is 2.26. The molecule has 1 aliphatic rings. The SMILES string of the molecule is c1ccc(N2c3ccccc3-c3ccccc3-c3cc(-c4cccc(-c5cccc(-c6ccc7c(c6)nc6c8ccccc8c8ccccc8n76)c5)c4)ccc32)cc1. The molecule has 1 aliphatic heterocycles. The first-order valence-electron chi connectivity index (χ1n) is 19.9. The molecule has 11 aromatic rings. The van der Waals surface area contributed by atoms with Gasteiger partial charge >= 0.3 is 0 Å². The van der Waals surface area contributed by atoms with E-state index in [1.165, 1.54) is 77.7 Å². The van der Waals surface area contributed by atoms with Crippen LogP contribution in [0.2, 0.25) is 0 Å². The zero-order valence-electron chi connectivity index (χ0n) is 31.5. The van der Waals surface area contributed by atoms with Gasteiger partial charge in [-0.3, -0.25) is 4.40 Å². The van der Waals surface area contributed by atoms with Crippen LogP contribution in [0.4, 0.5) is 17.1 Å². The van der Waals surface area contributed by atoms with Crippen LogP contribution in [0, 0.1) is 0 Å². The third-order valence-electron chi connectivity index (χ3n) is 11.9. The maximum absolute atomic E-state index is 5.25. The second-order valence-corrected chi connectivity index (χ2v) is 15.2. The molecule has 0 radical (unpaired) electrons. The van der Waals surface area contributed by atoms with Crippen LogP contribution in [-0.4, -0.2) is 9.38 Å². The number of benzene rings is 9. The van der Waals surface area contributed by atoms with E-state index < -0.39 is 0 Å². The largest absolute Gasteiger partial charge is 0.309 e. The third-order valence-corrected chi connectivity index (χ3v) is 11.9. The van der Waals surface area contributed by atoms with Crippen molar-refractivity contribution in [2.75, 3.05) is 4.90 Å². The maximum Gasteiger partial charge on any atom is 0.146 e. The summed E-state index contributed by atoms with van der Waals surface area (Å²) in [5.41, 5.74) is 19.7. The molecule has 0 atom stereocenters. The number of imidazole rings is 1. The summed E-state index contributed by atoms with van der Waals surface area (Å²) in [6.07, 6.45) is 0. The van der Waals surface area contributed by atoms with Crippen molar-refractivity contribution in [1.82, 2.24) is 9.38 Å². The van der Waals surface area contributed by atoms with Gasteiger partial charge in [-0.2, -0.15) is 0 Å². The Labute approximate surface area is 336 Å². The molecule has 12 rings (SSSR count). The first-order chi connectivity index (χ1) is 28.8. The summed E-state index contributed by atoms with van der Waals surface area (Å²) in [7, 11) is 0. The average Bonchev–Trinajstić information content (AvgIpc) is 3.64. The number of pyridine rings is 1. The van der Waals surface area contributed by atoms with Crippen LogP contribution in [0.3, 0.4) is 0 Å². The van der Waals surface area contributed by atoms with Crippen molar-refractivity contribution < 1.29 is 0 Å². The van der Waals surface area contributed by atoms with Crippen LogP contribution in [0.1, 0.15) is 0 Å². The second kappa shape index (κ2) is 12.9. The molecular formula is C55H35N3. The molecule has 0 bridgehead atoms. The van der Waals surface area contributed by atoms with E-state index in [1.807, 2.05) is 0 Å². The minimum Gasteiger partial charge on any atom is -0.309 e. The van der Waals surface area contributed by atoms with Gasteiger partial charge < -0.3 is 4.90 Å². The molecule has 0 saturated carbocycles. The molecule has 58 heavy (non-hydrogen) atoms. The van der Waals surface area contributed by atoms with Crippen molar-refractivity contribution in [1.29, 1.82) is 0 Å². The molecule has 3 heterocycles. The summed E-state index contributed by atoms with van der Waals surface area (Å²) in [6.45, 7) is 0. The van der Waals surface area contributed by atoms with Gasteiger partial charge in [0.2, 0.25) is 0 Å². The fraction of sp³-hybridized carbons (Fsp3) is 0. The third kappa shape index (κ3) is 5.04. The lowest BCUT2D eigenvalue weighted by Gasteiger charge is -2.27. The van der Waals surface area contributed by atoms with E-state index in [4.69, 9.17) is 4.98 Å². The smallest absolute Gasteiger partial charge is 0.146 e. The van der Waals surface area contributed by atoms with Gasteiger partial charge in [0.1, 0.15) is 5.65 Å². The van der Waals surface area contributed by atoms with E-state index >= 15 is 0 Å². The lowest BCUT2D eigenvalue weighted by atomic mass is 9.91. The van der Waals surface area contributed by atoms with Crippen LogP contribution in [0.15, 0.2) is 212 Å². The predicted molar refractivity (Wildman–Crippen MR) is 243 cm³/mol. The Bertz CT molecular complexity index is 3410. The lowest BCUT2D eigenvalue weighted by molar-refractivity contribution is 1.29. The Morgan fingerprint density at radius 1 is 0.310 bits per heavy atom. The Morgan fingerprint density at radius 2 is 0.845 bits per heavy atom. The molecule has 0 aliphatic carbocycles. The fourth-order valence-corrected chi connectivity index (χ4v) is 9.21. The van der Waals surface area contributed by atoms with E-state index in [9.17, 15) is 0 Å². The summed E-state index contributed by atoms with van der Waals surface area (Å²) in [6, 6.07) is 77.0. The molecule has 0 N–H and O–H groups in total. The molecule has 0 saturated heterocycles. The van der Waals surface area contributed by atoms with Gasteiger partial charge in [-0.15, -0.1) is 0 Å². The number of hydrogen-bond donors (Lipinski definition) is 0. The number of nitrogens with zero attached hydrogens (tertiary/aromatic N) is 3. The van der Waals surface area contributed by atoms with Crippen molar-refractivity contribution in [3.8, 4) is 55.6 Å². The summed E-state index contributed by atoms with van der Waals surface area (Å²) in [4.78, 5) is 7.66. The number of rotatable bonds is 4. The Balaban J connectivity index is 0.949. The highest BCUT2D eigenvalue weighted by atomic mass is 15.1. The van der Waals surface area contributed by atoms with Crippen molar-refractivity contribution in [2.24, 2.45) is 0 Å². The van der Waals surface area contributed by atoms with Gasteiger partial charge in [0.05, 0.1) is 27.9 Å². The van der Waals surface area contributed by atoms with Crippen molar-refractivity contribution in [3.63, 3.8) is 0 Å². The Kier molecular flexibility index (Phi) is 7.23. The normalized spacial score (nSPS) is 12.1. The summed E-state index contributed by atoms with van der Waals surface area (Å²) in [5.74, 6) is 0. The van der Waals surface area contributed by atoms with E-state index in [0.717, 1.165) is 33.3 Å². The van der Waals surface area contributed by atoms with Crippen LogP contribution < -0.4 is 4.90 Å². The number of hydrogen-bond acceptors (Lipinski definition) is 2. The minimum atomic E-state index is 0.991. The molecular weight excluding hydrogens is 703 g/mol. The van der Waals surface area contributed by atoms with Crippen LogP contribution in [-0.2, 0) is 0 Å². The maximum atomic E-state index is 5.25. The van der Waals surface area contributed by atoms with Gasteiger partial charge in [0, 0.05) is 27.6 Å². The molecule has 0 unspecified atom stereocenters. The van der Waals surface area contributed by atoms with Crippen molar-refractivity contribution >= 4 is 55.4 Å².